The Bertz CT molecular complexity index is 441. The molecule has 8 nitrogen and oxygen atoms in total. The van der Waals surface area contributed by atoms with Crippen molar-refractivity contribution in [3.8, 4) is 0 Å². The molecule has 1 saturated heterocycles. The van der Waals surface area contributed by atoms with Crippen LogP contribution in [0.15, 0.2) is 0 Å². The standard InChI is InChI=1S/C15H29N3O3.CO2/c1-15(2,3)13(19)11-17-7-5-16(4)6-8-18(10-9-17)12-14(20)21;2-1-3/h5-12H2,1-4H3,(H,20,21);. The molecule has 24 heavy (non-hydrogen) atoms. The molecule has 8 heteroatoms. The number of Topliss-reactive ketones (excluding diaryl/α,β-unsaturated/α-hetero) is 1. The summed E-state index contributed by atoms with van der Waals surface area (Å²) in [7, 11) is 2.04. The van der Waals surface area contributed by atoms with Crippen LogP contribution in [-0.2, 0) is 19.2 Å². The van der Waals surface area contributed by atoms with Crippen LogP contribution in [0.4, 0.5) is 0 Å². The molecule has 0 unspecified atom stereocenters. The highest BCUT2D eigenvalue weighted by atomic mass is 16.4. The molecule has 0 aromatic rings. The molecule has 0 aliphatic carbocycles. The molecule has 1 aliphatic heterocycles. The quantitative estimate of drug-likeness (QED) is 0.740. The molecular weight excluding hydrogens is 314 g/mol. The Balaban J connectivity index is 0.00000163. The van der Waals surface area contributed by atoms with Crippen LogP contribution in [0, 0.1) is 5.41 Å². The fourth-order valence-electron chi connectivity index (χ4n) is 2.19. The molecule has 0 amide bonds. The number of hydrogen-bond acceptors (Lipinski definition) is 7. The Morgan fingerprint density at radius 2 is 1.29 bits per heavy atom. The van der Waals surface area contributed by atoms with E-state index >= 15 is 0 Å². The molecule has 1 rings (SSSR count). The third kappa shape index (κ3) is 10.2. The summed E-state index contributed by atoms with van der Waals surface area (Å²) in [5.74, 6) is -0.566. The topological polar surface area (TPSA) is 98.2 Å². The van der Waals surface area contributed by atoms with Crippen molar-refractivity contribution in [1.29, 1.82) is 0 Å². The van der Waals surface area contributed by atoms with E-state index < -0.39 is 5.97 Å². The van der Waals surface area contributed by atoms with Crippen LogP contribution in [0.5, 0.6) is 0 Å². The minimum absolute atomic E-state index is 0.0644. The van der Waals surface area contributed by atoms with Crippen molar-refractivity contribution in [3.05, 3.63) is 0 Å². The van der Waals surface area contributed by atoms with Gasteiger partial charge in [-0.1, -0.05) is 20.8 Å². The molecule has 1 N–H and O–H groups in total. The maximum Gasteiger partial charge on any atom is 0.373 e. The van der Waals surface area contributed by atoms with Crippen LogP contribution in [-0.4, -0.2) is 97.1 Å². The van der Waals surface area contributed by atoms with E-state index in [1.165, 1.54) is 0 Å². The predicted molar refractivity (Wildman–Crippen MR) is 87.5 cm³/mol. The lowest BCUT2D eigenvalue weighted by molar-refractivity contribution is -0.191. The minimum atomic E-state index is -0.797. The van der Waals surface area contributed by atoms with Gasteiger partial charge in [0.15, 0.2) is 5.78 Å². The summed E-state index contributed by atoms with van der Waals surface area (Å²) >= 11 is 0. The van der Waals surface area contributed by atoms with Crippen molar-refractivity contribution < 1.29 is 24.3 Å². The first-order valence-corrected chi connectivity index (χ1v) is 7.97. The summed E-state index contributed by atoms with van der Waals surface area (Å²) in [5.41, 5.74) is -0.328. The van der Waals surface area contributed by atoms with Crippen LogP contribution in [0.3, 0.4) is 0 Å². The van der Waals surface area contributed by atoms with Crippen molar-refractivity contribution in [3.63, 3.8) is 0 Å². The third-order valence-corrected chi connectivity index (χ3v) is 3.89. The zero-order valence-corrected chi connectivity index (χ0v) is 15.1. The van der Waals surface area contributed by atoms with E-state index in [1.54, 1.807) is 0 Å². The molecule has 0 atom stereocenters. The zero-order valence-electron chi connectivity index (χ0n) is 15.1. The molecule has 1 heterocycles. The van der Waals surface area contributed by atoms with Gasteiger partial charge < -0.3 is 10.0 Å². The predicted octanol–water partition coefficient (Wildman–Crippen LogP) is -0.348. The van der Waals surface area contributed by atoms with E-state index in [9.17, 15) is 9.59 Å². The van der Waals surface area contributed by atoms with E-state index in [2.05, 4.69) is 9.80 Å². The fraction of sp³-hybridized carbons (Fsp3) is 0.812. The summed E-state index contributed by atoms with van der Waals surface area (Å²) in [6.07, 6.45) is 0.250. The zero-order chi connectivity index (χ0) is 18.8. The van der Waals surface area contributed by atoms with Crippen molar-refractivity contribution in [2.45, 2.75) is 20.8 Å². The fourth-order valence-corrected chi connectivity index (χ4v) is 2.19. The van der Waals surface area contributed by atoms with Gasteiger partial charge in [0.05, 0.1) is 13.1 Å². The number of carboxylic acids is 1. The maximum atomic E-state index is 12.2. The van der Waals surface area contributed by atoms with E-state index in [0.717, 1.165) is 32.7 Å². The molecule has 0 aromatic heterocycles. The van der Waals surface area contributed by atoms with Crippen LogP contribution in [0.25, 0.3) is 0 Å². The Morgan fingerprint density at radius 1 is 0.917 bits per heavy atom. The lowest BCUT2D eigenvalue weighted by Crippen LogP contribution is -2.42. The van der Waals surface area contributed by atoms with Crippen molar-refractivity contribution in [2.24, 2.45) is 5.41 Å². The van der Waals surface area contributed by atoms with E-state index in [-0.39, 0.29) is 23.9 Å². The van der Waals surface area contributed by atoms with Gasteiger partial charge in [0.2, 0.25) is 0 Å². The number of likely N-dealkylation sites (N-methyl/N-ethyl adjacent to an activating group) is 1. The third-order valence-electron chi connectivity index (χ3n) is 3.89. The van der Waals surface area contributed by atoms with Crippen molar-refractivity contribution in [1.82, 2.24) is 14.7 Å². The Labute approximate surface area is 143 Å². The molecule has 0 aromatic carbocycles. The van der Waals surface area contributed by atoms with E-state index in [4.69, 9.17) is 14.7 Å². The average Bonchev–Trinajstić information content (AvgIpc) is 2.52. The highest BCUT2D eigenvalue weighted by Gasteiger charge is 2.24. The molecule has 0 bridgehead atoms. The van der Waals surface area contributed by atoms with Gasteiger partial charge in [0, 0.05) is 44.7 Å². The number of aliphatic carboxylic acids is 1. The van der Waals surface area contributed by atoms with Gasteiger partial charge in [-0.3, -0.25) is 19.4 Å². The Morgan fingerprint density at radius 3 is 1.67 bits per heavy atom. The number of ketones is 1. The summed E-state index contributed by atoms with van der Waals surface area (Å²) < 4.78 is 0. The first kappa shape index (κ1) is 22.4. The number of carboxylic acid groups (broad SMARTS) is 1. The second-order valence-corrected chi connectivity index (χ2v) is 7.01. The average molecular weight is 343 g/mol. The molecule has 1 fully saturated rings. The second kappa shape index (κ2) is 11.0. The summed E-state index contributed by atoms with van der Waals surface area (Å²) in [6.45, 7) is 11.1. The Hall–Kier alpha value is -1.60. The smallest absolute Gasteiger partial charge is 0.373 e. The van der Waals surface area contributed by atoms with Crippen LogP contribution < -0.4 is 0 Å². The van der Waals surface area contributed by atoms with Gasteiger partial charge in [-0.15, -0.1) is 0 Å². The van der Waals surface area contributed by atoms with E-state index in [0.29, 0.717) is 13.1 Å². The first-order chi connectivity index (χ1) is 11.1. The molecular formula is C16H29N3O5. The highest BCUT2D eigenvalue weighted by Crippen LogP contribution is 2.15. The largest absolute Gasteiger partial charge is 0.480 e. The van der Waals surface area contributed by atoms with Gasteiger partial charge in [-0.05, 0) is 7.05 Å². The summed E-state index contributed by atoms with van der Waals surface area (Å²) in [6, 6.07) is 0. The minimum Gasteiger partial charge on any atom is -0.480 e. The lowest BCUT2D eigenvalue weighted by Gasteiger charge is -2.27. The SMILES string of the molecule is CN1CCN(CC(=O)O)CCN(CC(=O)C(C)(C)C)CC1.O=C=O. The molecule has 0 spiro atoms. The van der Waals surface area contributed by atoms with Crippen molar-refractivity contribution >= 4 is 17.9 Å². The van der Waals surface area contributed by atoms with Gasteiger partial charge in [-0.25, -0.2) is 0 Å². The summed E-state index contributed by atoms with van der Waals surface area (Å²) in [4.78, 5) is 45.6. The van der Waals surface area contributed by atoms with Crippen LogP contribution in [0.2, 0.25) is 0 Å². The van der Waals surface area contributed by atoms with Gasteiger partial charge >= 0.3 is 12.1 Å². The monoisotopic (exact) mass is 343 g/mol. The number of rotatable bonds is 4. The number of hydrogen-bond donors (Lipinski definition) is 1. The number of carbonyl (C=O) groups excluding carboxylic acids is 3. The van der Waals surface area contributed by atoms with Crippen LogP contribution >= 0.6 is 0 Å². The summed E-state index contributed by atoms with van der Waals surface area (Å²) in [5, 5.41) is 8.96. The van der Waals surface area contributed by atoms with Crippen molar-refractivity contribution in [2.75, 3.05) is 59.4 Å². The molecule has 0 saturated carbocycles. The first-order valence-electron chi connectivity index (χ1n) is 7.97. The maximum absolute atomic E-state index is 12.2. The van der Waals surface area contributed by atoms with E-state index in [1.807, 2.05) is 32.7 Å². The molecule has 0 radical (unpaired) electrons. The number of carbonyl (C=O) groups is 2. The second-order valence-electron chi connectivity index (χ2n) is 7.01. The molecule has 1 aliphatic rings. The van der Waals surface area contributed by atoms with Gasteiger partial charge in [0.1, 0.15) is 0 Å². The lowest BCUT2D eigenvalue weighted by atomic mass is 9.90. The highest BCUT2D eigenvalue weighted by molar-refractivity contribution is 5.85. The molecule has 138 valence electrons. The normalized spacial score (nSPS) is 18.3. The number of nitrogens with zero attached hydrogens (tertiary/aromatic N) is 3. The Kier molecular flexibility index (Phi) is 10.3. The van der Waals surface area contributed by atoms with Crippen LogP contribution in [0.1, 0.15) is 20.8 Å². The van der Waals surface area contributed by atoms with Gasteiger partial charge in [-0.2, -0.15) is 9.59 Å². The van der Waals surface area contributed by atoms with Gasteiger partial charge in [0.25, 0.3) is 0 Å².